The fourth-order valence-electron chi connectivity index (χ4n) is 2.16. The molecule has 1 aromatic rings. The predicted octanol–water partition coefficient (Wildman–Crippen LogP) is 4.02. The van der Waals surface area contributed by atoms with Crippen LogP contribution in [0.15, 0.2) is 12.1 Å². The van der Waals surface area contributed by atoms with Crippen molar-refractivity contribution in [1.29, 1.82) is 0 Å². The van der Waals surface area contributed by atoms with Gasteiger partial charge in [0.15, 0.2) is 0 Å². The van der Waals surface area contributed by atoms with Crippen LogP contribution in [0.1, 0.15) is 44.6 Å². The highest BCUT2D eigenvalue weighted by Crippen LogP contribution is 2.39. The van der Waals surface area contributed by atoms with E-state index in [2.05, 4.69) is 0 Å². The Hall–Kier alpha value is -0.480. The summed E-state index contributed by atoms with van der Waals surface area (Å²) in [7, 11) is 0. The van der Waals surface area contributed by atoms with Crippen molar-refractivity contribution >= 4 is 23.2 Å². The van der Waals surface area contributed by atoms with Crippen LogP contribution in [0.3, 0.4) is 0 Å². The third-order valence-electron chi connectivity index (χ3n) is 3.19. The predicted molar refractivity (Wildman–Crippen MR) is 83.0 cm³/mol. The molecule has 0 fully saturated rings. The van der Waals surface area contributed by atoms with Crippen molar-refractivity contribution < 1.29 is 14.9 Å². The second-order valence-corrected chi connectivity index (χ2v) is 5.68. The van der Waals surface area contributed by atoms with E-state index in [9.17, 15) is 5.11 Å². The Morgan fingerprint density at radius 3 is 2.50 bits per heavy atom. The summed E-state index contributed by atoms with van der Waals surface area (Å²) in [5.41, 5.74) is 0.894. The topological polar surface area (TPSA) is 49.7 Å². The largest absolute Gasteiger partial charge is 0.492 e. The molecule has 2 atom stereocenters. The van der Waals surface area contributed by atoms with Crippen LogP contribution in [0.4, 0.5) is 0 Å². The lowest BCUT2D eigenvalue weighted by molar-refractivity contribution is 0.0814. The van der Waals surface area contributed by atoms with E-state index in [1.54, 1.807) is 6.07 Å². The highest BCUT2D eigenvalue weighted by Gasteiger charge is 2.21. The summed E-state index contributed by atoms with van der Waals surface area (Å²) in [6, 6.07) is 3.49. The molecule has 114 valence electrons. The van der Waals surface area contributed by atoms with Crippen LogP contribution in [-0.2, 0) is 0 Å². The molecule has 0 bridgehead atoms. The molecule has 0 saturated heterocycles. The van der Waals surface area contributed by atoms with Gasteiger partial charge >= 0.3 is 0 Å². The summed E-state index contributed by atoms with van der Waals surface area (Å²) in [5.74, 6) is 0.676. The van der Waals surface area contributed by atoms with Crippen LogP contribution >= 0.6 is 23.2 Å². The molecule has 0 radical (unpaired) electrons. The van der Waals surface area contributed by atoms with Crippen LogP contribution in [-0.4, -0.2) is 29.5 Å². The van der Waals surface area contributed by atoms with Crippen molar-refractivity contribution in [3.8, 4) is 5.75 Å². The normalized spacial score (nSPS) is 14.1. The maximum absolute atomic E-state index is 9.67. The van der Waals surface area contributed by atoms with Crippen LogP contribution in [0, 0.1) is 0 Å². The first-order valence-corrected chi connectivity index (χ1v) is 7.69. The molecule has 20 heavy (non-hydrogen) atoms. The highest BCUT2D eigenvalue weighted by atomic mass is 35.5. The van der Waals surface area contributed by atoms with Gasteiger partial charge < -0.3 is 14.9 Å². The van der Waals surface area contributed by atoms with Gasteiger partial charge in [-0.05, 0) is 37.3 Å². The first-order valence-electron chi connectivity index (χ1n) is 6.94. The maximum Gasteiger partial charge on any atom is 0.141 e. The number of aliphatic hydroxyl groups is 2. The van der Waals surface area contributed by atoms with E-state index >= 15 is 0 Å². The number of hydrogen-bond donors (Lipinski definition) is 2. The van der Waals surface area contributed by atoms with E-state index in [0.29, 0.717) is 28.8 Å². The van der Waals surface area contributed by atoms with Crippen molar-refractivity contribution in [3.63, 3.8) is 0 Å². The van der Waals surface area contributed by atoms with Crippen LogP contribution < -0.4 is 4.74 Å². The van der Waals surface area contributed by atoms with Crippen molar-refractivity contribution in [2.75, 3.05) is 13.2 Å². The summed E-state index contributed by atoms with van der Waals surface area (Å²) in [6.45, 7) is 4.37. The third kappa shape index (κ3) is 4.81. The van der Waals surface area contributed by atoms with Gasteiger partial charge in [0.05, 0.1) is 24.3 Å². The van der Waals surface area contributed by atoms with Crippen LogP contribution in [0.5, 0.6) is 5.75 Å². The number of rotatable bonds is 8. The molecule has 0 aliphatic rings. The molecule has 0 saturated carbocycles. The van der Waals surface area contributed by atoms with Gasteiger partial charge in [-0.1, -0.05) is 37.0 Å². The number of aliphatic hydroxyl groups excluding tert-OH is 2. The third-order valence-corrected chi connectivity index (χ3v) is 3.69. The number of hydrogen-bond acceptors (Lipinski definition) is 3. The molecule has 1 aromatic carbocycles. The molecule has 5 heteroatoms. The maximum atomic E-state index is 9.67. The van der Waals surface area contributed by atoms with Crippen molar-refractivity contribution in [2.24, 2.45) is 0 Å². The van der Waals surface area contributed by atoms with E-state index in [1.165, 1.54) is 0 Å². The minimum atomic E-state index is -0.753. The number of benzene rings is 1. The Morgan fingerprint density at radius 1 is 1.25 bits per heavy atom. The minimum absolute atomic E-state index is 0.0419. The summed E-state index contributed by atoms with van der Waals surface area (Å²) in [4.78, 5) is 0. The summed E-state index contributed by atoms with van der Waals surface area (Å²) in [6.07, 6.45) is 1.38. The number of halogens is 2. The lowest BCUT2D eigenvalue weighted by atomic mass is 9.90. The van der Waals surface area contributed by atoms with Gasteiger partial charge in [-0.3, -0.25) is 0 Å². The van der Waals surface area contributed by atoms with E-state index in [0.717, 1.165) is 18.4 Å². The molecule has 3 nitrogen and oxygen atoms in total. The molecule has 0 amide bonds. The van der Waals surface area contributed by atoms with Crippen molar-refractivity contribution in [2.45, 2.75) is 45.1 Å². The lowest BCUT2D eigenvalue weighted by Crippen LogP contribution is -2.17. The fourth-order valence-corrected chi connectivity index (χ4v) is 2.72. The molecule has 0 aliphatic heterocycles. The van der Waals surface area contributed by atoms with E-state index in [1.807, 2.05) is 19.9 Å². The van der Waals surface area contributed by atoms with Gasteiger partial charge in [0.25, 0.3) is 0 Å². The Balaban J connectivity index is 3.10. The van der Waals surface area contributed by atoms with E-state index in [-0.39, 0.29) is 12.5 Å². The summed E-state index contributed by atoms with van der Waals surface area (Å²) >= 11 is 12.3. The van der Waals surface area contributed by atoms with E-state index in [4.69, 9.17) is 33.0 Å². The first-order chi connectivity index (χ1) is 9.53. The molecule has 0 heterocycles. The number of ether oxygens (including phenoxy) is 1. The lowest BCUT2D eigenvalue weighted by Gasteiger charge is -2.22. The zero-order valence-electron chi connectivity index (χ0n) is 11.9. The molecule has 2 unspecified atom stereocenters. The minimum Gasteiger partial charge on any atom is -0.492 e. The second kappa shape index (κ2) is 8.73. The first kappa shape index (κ1) is 17.6. The molecule has 1 rings (SSSR count). The molecule has 0 aromatic heterocycles. The molecular formula is C15H22Cl2O3. The van der Waals surface area contributed by atoms with Crippen molar-refractivity contribution in [1.82, 2.24) is 0 Å². The average Bonchev–Trinajstić information content (AvgIpc) is 2.42. The molecule has 0 aliphatic carbocycles. The fraction of sp³-hybridized carbons (Fsp3) is 0.600. The Bertz CT molecular complexity index is 424. The van der Waals surface area contributed by atoms with Crippen LogP contribution in [0.25, 0.3) is 0 Å². The van der Waals surface area contributed by atoms with Gasteiger partial charge in [-0.2, -0.15) is 0 Å². The quantitative estimate of drug-likeness (QED) is 0.760. The van der Waals surface area contributed by atoms with Gasteiger partial charge in [-0.25, -0.2) is 0 Å². The van der Waals surface area contributed by atoms with Crippen LogP contribution in [0.2, 0.25) is 10.0 Å². The van der Waals surface area contributed by atoms with E-state index < -0.39 is 6.10 Å². The molecule has 0 spiro atoms. The van der Waals surface area contributed by atoms with Gasteiger partial charge in [0.2, 0.25) is 0 Å². The molecular weight excluding hydrogens is 299 g/mol. The average molecular weight is 321 g/mol. The Labute approximate surface area is 130 Å². The smallest absolute Gasteiger partial charge is 0.141 e. The van der Waals surface area contributed by atoms with Gasteiger partial charge in [0, 0.05) is 10.6 Å². The second-order valence-electron chi connectivity index (χ2n) is 4.83. The molecule has 2 N–H and O–H groups in total. The SMILES string of the molecule is CCCOc1c(Cl)cc(Cl)cc1C(CC)CC(O)CO. The Morgan fingerprint density at radius 2 is 1.95 bits per heavy atom. The highest BCUT2D eigenvalue weighted by molar-refractivity contribution is 6.35. The van der Waals surface area contributed by atoms with Crippen molar-refractivity contribution in [3.05, 3.63) is 27.7 Å². The van der Waals surface area contributed by atoms with Gasteiger partial charge in [0.1, 0.15) is 5.75 Å². The monoisotopic (exact) mass is 320 g/mol. The zero-order chi connectivity index (χ0) is 15.1. The standard InChI is InChI=1S/C15H22Cl2O3/c1-3-5-20-15-13(7-11(16)8-14(15)17)10(4-2)6-12(19)9-18/h7-8,10,12,18-19H,3-6,9H2,1-2H3. The zero-order valence-corrected chi connectivity index (χ0v) is 13.4. The summed E-state index contributed by atoms with van der Waals surface area (Å²) in [5, 5.41) is 19.7. The van der Waals surface area contributed by atoms with Gasteiger partial charge in [-0.15, -0.1) is 0 Å². The summed E-state index contributed by atoms with van der Waals surface area (Å²) < 4.78 is 5.74. The Kier molecular flexibility index (Phi) is 7.67.